The molecule has 0 radical (unpaired) electrons. The van der Waals surface area contributed by atoms with Crippen LogP contribution >= 0.6 is 0 Å². The van der Waals surface area contributed by atoms with Gasteiger partial charge in [-0.25, -0.2) is 19.2 Å². The van der Waals surface area contributed by atoms with Crippen LogP contribution in [0.2, 0.25) is 0 Å². The Balaban J connectivity index is 3.16. The Hall–Kier alpha value is -3.42. The molecule has 0 bridgehead atoms. The van der Waals surface area contributed by atoms with Gasteiger partial charge in [0.05, 0.1) is 22.3 Å². The van der Waals surface area contributed by atoms with E-state index in [4.69, 9.17) is 15.3 Å². The predicted octanol–water partition coefficient (Wildman–Crippen LogP) is 1.63. The van der Waals surface area contributed by atoms with Crippen molar-refractivity contribution in [1.82, 2.24) is 0 Å². The van der Waals surface area contributed by atoms with Crippen LogP contribution in [0.3, 0.4) is 0 Å². The van der Waals surface area contributed by atoms with E-state index in [-0.39, 0.29) is 10.8 Å². The molecular weight excluding hydrogens is 296 g/mol. The number of fused-ring (bicyclic) bond motifs is 1. The minimum atomic E-state index is -1.77. The van der Waals surface area contributed by atoms with Crippen molar-refractivity contribution in [2.24, 2.45) is 0 Å². The van der Waals surface area contributed by atoms with E-state index >= 15 is 0 Å². The number of benzene rings is 2. The van der Waals surface area contributed by atoms with Crippen molar-refractivity contribution in [3.05, 3.63) is 46.5 Å². The van der Waals surface area contributed by atoms with Gasteiger partial charge in [0.1, 0.15) is 0 Å². The summed E-state index contributed by atoms with van der Waals surface area (Å²) in [6.07, 6.45) is 0. The van der Waals surface area contributed by atoms with Crippen molar-refractivity contribution in [2.75, 3.05) is 0 Å². The summed E-state index contributed by atoms with van der Waals surface area (Å²) in [6, 6.07) is 4.68. The van der Waals surface area contributed by atoms with Crippen LogP contribution in [-0.4, -0.2) is 44.3 Å². The predicted molar refractivity (Wildman–Crippen MR) is 71.8 cm³/mol. The summed E-state index contributed by atoms with van der Waals surface area (Å²) in [5.41, 5.74) is -2.96. The molecule has 2 aromatic carbocycles. The fourth-order valence-corrected chi connectivity index (χ4v) is 2.24. The minimum Gasteiger partial charge on any atom is -0.478 e. The van der Waals surface area contributed by atoms with Gasteiger partial charge in [-0.1, -0.05) is 12.1 Å². The third kappa shape index (κ3) is 2.22. The molecule has 8 nitrogen and oxygen atoms in total. The van der Waals surface area contributed by atoms with Crippen molar-refractivity contribution in [3.8, 4) is 0 Å². The lowest BCUT2D eigenvalue weighted by Crippen LogP contribution is -2.16. The Bertz CT molecular complexity index is 850. The second-order valence-electron chi connectivity index (χ2n) is 4.30. The third-order valence-electron chi connectivity index (χ3n) is 3.05. The normalized spacial score (nSPS) is 10.4. The van der Waals surface area contributed by atoms with Crippen molar-refractivity contribution >= 4 is 34.6 Å². The second kappa shape index (κ2) is 5.17. The number of carboxylic acid groups (broad SMARTS) is 4. The molecular formula is C14H8O8. The smallest absolute Gasteiger partial charge is 0.337 e. The van der Waals surface area contributed by atoms with Crippen LogP contribution in [0.4, 0.5) is 0 Å². The fraction of sp³-hybridized carbons (Fsp3) is 0. The van der Waals surface area contributed by atoms with Crippen LogP contribution in [-0.2, 0) is 0 Å². The van der Waals surface area contributed by atoms with Crippen molar-refractivity contribution in [2.45, 2.75) is 0 Å². The Morgan fingerprint density at radius 1 is 0.682 bits per heavy atom. The van der Waals surface area contributed by atoms with Crippen molar-refractivity contribution < 1.29 is 39.6 Å². The van der Waals surface area contributed by atoms with Gasteiger partial charge in [0, 0.05) is 5.39 Å². The summed E-state index contributed by atoms with van der Waals surface area (Å²) in [5.74, 6) is -6.56. The van der Waals surface area contributed by atoms with Crippen molar-refractivity contribution in [1.29, 1.82) is 0 Å². The highest BCUT2D eigenvalue weighted by Crippen LogP contribution is 2.29. The summed E-state index contributed by atoms with van der Waals surface area (Å²) in [6.45, 7) is 0. The first-order valence-electron chi connectivity index (χ1n) is 5.78. The number of hydrogen-bond donors (Lipinski definition) is 4. The maximum Gasteiger partial charge on any atom is 0.337 e. The number of hydrogen-bond acceptors (Lipinski definition) is 4. The molecule has 112 valence electrons. The second-order valence-corrected chi connectivity index (χ2v) is 4.30. The van der Waals surface area contributed by atoms with Gasteiger partial charge in [0.2, 0.25) is 0 Å². The van der Waals surface area contributed by atoms with Crippen molar-refractivity contribution in [3.63, 3.8) is 0 Å². The molecule has 0 amide bonds. The molecule has 0 aromatic heterocycles. The summed E-state index contributed by atoms with van der Waals surface area (Å²) < 4.78 is 0. The first kappa shape index (κ1) is 15.0. The molecule has 4 N–H and O–H groups in total. The molecule has 0 saturated heterocycles. The first-order chi connectivity index (χ1) is 10.3. The highest BCUT2D eigenvalue weighted by molar-refractivity contribution is 6.20. The van der Waals surface area contributed by atoms with Gasteiger partial charge in [-0.15, -0.1) is 0 Å². The maximum atomic E-state index is 11.4. The summed E-state index contributed by atoms with van der Waals surface area (Å²) in [4.78, 5) is 45.2. The fourth-order valence-electron chi connectivity index (χ4n) is 2.24. The molecule has 0 heterocycles. The van der Waals surface area contributed by atoms with Crippen LogP contribution in [0, 0.1) is 0 Å². The summed E-state index contributed by atoms with van der Waals surface area (Å²) in [7, 11) is 0. The lowest BCUT2D eigenvalue weighted by Gasteiger charge is -2.12. The van der Waals surface area contributed by atoms with E-state index in [9.17, 15) is 24.3 Å². The van der Waals surface area contributed by atoms with Crippen LogP contribution in [0.25, 0.3) is 10.8 Å². The maximum absolute atomic E-state index is 11.4. The lowest BCUT2D eigenvalue weighted by molar-refractivity contribution is 0.0634. The molecule has 22 heavy (non-hydrogen) atoms. The molecule has 2 rings (SSSR count). The van der Waals surface area contributed by atoms with E-state index in [1.807, 2.05) is 0 Å². The number of carboxylic acids is 4. The SMILES string of the molecule is O=C(O)c1cc2cccc(C(=O)O)c2c(C(=O)O)c1C(=O)O. The largest absolute Gasteiger partial charge is 0.478 e. The lowest BCUT2D eigenvalue weighted by atomic mass is 9.91. The highest BCUT2D eigenvalue weighted by atomic mass is 16.4. The van der Waals surface area contributed by atoms with E-state index in [0.29, 0.717) is 0 Å². The van der Waals surface area contributed by atoms with E-state index < -0.39 is 46.1 Å². The average Bonchev–Trinajstić information content (AvgIpc) is 2.43. The molecule has 8 heteroatoms. The zero-order valence-corrected chi connectivity index (χ0v) is 10.7. The van der Waals surface area contributed by atoms with E-state index in [1.54, 1.807) is 0 Å². The van der Waals surface area contributed by atoms with E-state index in [0.717, 1.165) is 12.1 Å². The van der Waals surface area contributed by atoms with Crippen LogP contribution in [0.15, 0.2) is 24.3 Å². The Kier molecular flexibility index (Phi) is 3.52. The molecule has 0 unspecified atom stereocenters. The molecule has 2 aromatic rings. The van der Waals surface area contributed by atoms with Crippen LogP contribution in [0.1, 0.15) is 41.4 Å². The summed E-state index contributed by atoms with van der Waals surface area (Å²) >= 11 is 0. The standard InChI is InChI=1S/C14H8O8/c15-11(16)6-3-1-2-5-4-7(12(17)18)9(13(19)20)10(8(5)6)14(21)22/h1-4H,(H,15,16)(H,17,18)(H,19,20)(H,21,22). The van der Waals surface area contributed by atoms with Gasteiger partial charge in [-0.2, -0.15) is 0 Å². The van der Waals surface area contributed by atoms with Gasteiger partial charge in [0.15, 0.2) is 0 Å². The van der Waals surface area contributed by atoms with E-state index in [1.165, 1.54) is 12.1 Å². The zero-order valence-electron chi connectivity index (χ0n) is 10.7. The number of rotatable bonds is 4. The molecule has 0 spiro atoms. The third-order valence-corrected chi connectivity index (χ3v) is 3.05. The van der Waals surface area contributed by atoms with Gasteiger partial charge in [-0.05, 0) is 17.5 Å². The zero-order chi connectivity index (χ0) is 16.6. The first-order valence-corrected chi connectivity index (χ1v) is 5.78. The Morgan fingerprint density at radius 3 is 1.68 bits per heavy atom. The van der Waals surface area contributed by atoms with E-state index in [2.05, 4.69) is 0 Å². The molecule has 0 saturated carbocycles. The number of aromatic carboxylic acids is 4. The van der Waals surface area contributed by atoms with Gasteiger partial charge >= 0.3 is 23.9 Å². The topological polar surface area (TPSA) is 149 Å². The molecule has 0 fully saturated rings. The van der Waals surface area contributed by atoms with Gasteiger partial charge in [0.25, 0.3) is 0 Å². The highest BCUT2D eigenvalue weighted by Gasteiger charge is 2.29. The summed E-state index contributed by atoms with van der Waals surface area (Å²) in [5, 5.41) is 36.3. The van der Waals surface area contributed by atoms with Gasteiger partial charge in [-0.3, -0.25) is 0 Å². The monoisotopic (exact) mass is 304 g/mol. The van der Waals surface area contributed by atoms with Gasteiger partial charge < -0.3 is 20.4 Å². The molecule has 0 aliphatic carbocycles. The average molecular weight is 304 g/mol. The molecule has 0 atom stereocenters. The molecule has 0 aliphatic heterocycles. The quantitative estimate of drug-likeness (QED) is 0.665. The van der Waals surface area contributed by atoms with Crippen LogP contribution in [0.5, 0.6) is 0 Å². The Labute approximate surface area is 121 Å². The molecule has 0 aliphatic rings. The number of carbonyl (C=O) groups is 4. The van der Waals surface area contributed by atoms with Crippen LogP contribution < -0.4 is 0 Å². The minimum absolute atomic E-state index is 0.0136. The Morgan fingerprint density at radius 2 is 1.23 bits per heavy atom.